The molecular weight excluding hydrogens is 134 g/mol. The summed E-state index contributed by atoms with van der Waals surface area (Å²) in [6.45, 7) is 3.17. The lowest BCUT2D eigenvalue weighted by Gasteiger charge is -2.06. The van der Waals surface area contributed by atoms with Crippen molar-refractivity contribution in [3.05, 3.63) is 0 Å². The summed E-state index contributed by atoms with van der Waals surface area (Å²) in [7, 11) is 0. The summed E-state index contributed by atoms with van der Waals surface area (Å²) in [6.07, 6.45) is 0.0945. The van der Waals surface area contributed by atoms with Crippen LogP contribution in [0.4, 0.5) is 0 Å². The largest absolute Gasteiger partial charge is 0.423 e. The normalized spacial score (nSPS) is 23.4. The first kappa shape index (κ1) is 7.05. The van der Waals surface area contributed by atoms with Crippen molar-refractivity contribution < 1.29 is 14.4 Å². The molecule has 56 valence electrons. The molecular formula is C6H9NO3. The SMILES string of the molecule is CC(=O)OC1CC(C)=NO1. The van der Waals surface area contributed by atoms with E-state index in [-0.39, 0.29) is 5.97 Å². The maximum absolute atomic E-state index is 10.4. The van der Waals surface area contributed by atoms with Gasteiger partial charge in [-0.3, -0.25) is 4.79 Å². The highest BCUT2D eigenvalue weighted by Gasteiger charge is 2.19. The van der Waals surface area contributed by atoms with Gasteiger partial charge in [0.05, 0.1) is 12.1 Å². The van der Waals surface area contributed by atoms with Gasteiger partial charge in [-0.25, -0.2) is 0 Å². The number of nitrogens with zero attached hydrogens (tertiary/aromatic N) is 1. The van der Waals surface area contributed by atoms with Crippen LogP contribution in [0.5, 0.6) is 0 Å². The first-order valence-electron chi connectivity index (χ1n) is 3.05. The number of carbonyl (C=O) groups excluding carboxylic acids is 1. The molecule has 4 nitrogen and oxygen atoms in total. The Morgan fingerprint density at radius 2 is 2.60 bits per heavy atom. The van der Waals surface area contributed by atoms with E-state index in [9.17, 15) is 4.79 Å². The zero-order valence-corrected chi connectivity index (χ0v) is 5.96. The van der Waals surface area contributed by atoms with Gasteiger partial charge in [-0.15, -0.1) is 0 Å². The van der Waals surface area contributed by atoms with Crippen molar-refractivity contribution in [2.24, 2.45) is 5.16 Å². The Hall–Kier alpha value is -1.06. The van der Waals surface area contributed by atoms with Crippen LogP contribution in [0, 0.1) is 0 Å². The van der Waals surface area contributed by atoms with Gasteiger partial charge in [0.2, 0.25) is 0 Å². The van der Waals surface area contributed by atoms with Crippen molar-refractivity contribution in [2.45, 2.75) is 26.6 Å². The number of ether oxygens (including phenoxy) is 1. The Bertz CT molecular complexity index is 176. The van der Waals surface area contributed by atoms with E-state index in [1.165, 1.54) is 6.92 Å². The highest BCUT2D eigenvalue weighted by Crippen LogP contribution is 2.10. The molecule has 0 radical (unpaired) electrons. The zero-order chi connectivity index (χ0) is 7.56. The second-order valence-corrected chi connectivity index (χ2v) is 2.18. The molecule has 0 aromatic heterocycles. The highest BCUT2D eigenvalue weighted by atomic mass is 16.8. The molecule has 4 heteroatoms. The Morgan fingerprint density at radius 3 is 3.00 bits per heavy atom. The van der Waals surface area contributed by atoms with Crippen LogP contribution >= 0.6 is 0 Å². The van der Waals surface area contributed by atoms with Gasteiger partial charge >= 0.3 is 5.97 Å². The molecule has 1 aliphatic heterocycles. The summed E-state index contributed by atoms with van der Waals surface area (Å²) in [4.78, 5) is 15.1. The first-order valence-corrected chi connectivity index (χ1v) is 3.05. The van der Waals surface area contributed by atoms with Crippen LogP contribution in [0.15, 0.2) is 5.16 Å². The Balaban J connectivity index is 2.29. The van der Waals surface area contributed by atoms with E-state index in [1.54, 1.807) is 0 Å². The number of esters is 1. The lowest BCUT2D eigenvalue weighted by molar-refractivity contribution is -0.170. The fraction of sp³-hybridized carbons (Fsp3) is 0.667. The van der Waals surface area contributed by atoms with Gasteiger partial charge in [0, 0.05) is 6.92 Å². The predicted molar refractivity (Wildman–Crippen MR) is 34.4 cm³/mol. The summed E-state index contributed by atoms with van der Waals surface area (Å²) in [5.74, 6) is -0.338. The minimum atomic E-state index is -0.488. The number of oxime groups is 1. The summed E-state index contributed by atoms with van der Waals surface area (Å²) < 4.78 is 4.71. The molecule has 0 saturated carbocycles. The smallest absolute Gasteiger partial charge is 0.305 e. The van der Waals surface area contributed by atoms with E-state index in [0.717, 1.165) is 5.71 Å². The molecule has 0 amide bonds. The van der Waals surface area contributed by atoms with Crippen molar-refractivity contribution in [1.29, 1.82) is 0 Å². The second kappa shape index (κ2) is 2.68. The molecule has 0 aliphatic carbocycles. The first-order chi connectivity index (χ1) is 4.68. The topological polar surface area (TPSA) is 47.9 Å². The molecule has 1 heterocycles. The van der Waals surface area contributed by atoms with Crippen LogP contribution in [0.1, 0.15) is 20.3 Å². The third kappa shape index (κ3) is 1.72. The average molecular weight is 143 g/mol. The van der Waals surface area contributed by atoms with Gasteiger partial charge in [0.1, 0.15) is 0 Å². The van der Waals surface area contributed by atoms with Crippen molar-refractivity contribution in [2.75, 3.05) is 0 Å². The van der Waals surface area contributed by atoms with Crippen molar-refractivity contribution in [3.8, 4) is 0 Å². The maximum atomic E-state index is 10.4. The standard InChI is InChI=1S/C6H9NO3/c1-4-3-6(10-7-4)9-5(2)8/h6H,3H2,1-2H3. The Morgan fingerprint density at radius 1 is 1.90 bits per heavy atom. The van der Waals surface area contributed by atoms with Crippen molar-refractivity contribution in [1.82, 2.24) is 0 Å². The lowest BCUT2D eigenvalue weighted by atomic mass is 10.3. The van der Waals surface area contributed by atoms with E-state index >= 15 is 0 Å². The molecule has 0 bridgehead atoms. The second-order valence-electron chi connectivity index (χ2n) is 2.18. The third-order valence-electron chi connectivity index (χ3n) is 1.09. The van der Waals surface area contributed by atoms with Gasteiger partial charge < -0.3 is 9.57 Å². The van der Waals surface area contributed by atoms with Crippen LogP contribution < -0.4 is 0 Å². The number of rotatable bonds is 1. The van der Waals surface area contributed by atoms with E-state index in [4.69, 9.17) is 9.57 Å². The zero-order valence-electron chi connectivity index (χ0n) is 5.96. The Labute approximate surface area is 58.8 Å². The van der Waals surface area contributed by atoms with Crippen LogP contribution in [0.3, 0.4) is 0 Å². The third-order valence-corrected chi connectivity index (χ3v) is 1.09. The van der Waals surface area contributed by atoms with Gasteiger partial charge in [-0.2, -0.15) is 0 Å². The molecule has 0 fully saturated rings. The molecule has 1 rings (SSSR count). The van der Waals surface area contributed by atoms with E-state index in [1.807, 2.05) is 6.92 Å². The summed E-state index contributed by atoms with van der Waals surface area (Å²) in [6, 6.07) is 0. The molecule has 0 spiro atoms. The summed E-state index contributed by atoms with van der Waals surface area (Å²) >= 11 is 0. The quantitative estimate of drug-likeness (QED) is 0.507. The monoisotopic (exact) mass is 143 g/mol. The van der Waals surface area contributed by atoms with Crippen molar-refractivity contribution in [3.63, 3.8) is 0 Å². The summed E-state index contributed by atoms with van der Waals surface area (Å²) in [5.41, 5.74) is 0.853. The van der Waals surface area contributed by atoms with Crippen LogP contribution in [-0.4, -0.2) is 18.0 Å². The van der Waals surface area contributed by atoms with Gasteiger partial charge in [-0.1, -0.05) is 5.16 Å². The van der Waals surface area contributed by atoms with E-state index in [0.29, 0.717) is 6.42 Å². The highest BCUT2D eigenvalue weighted by molar-refractivity contribution is 5.82. The molecule has 0 aromatic rings. The number of carbonyl (C=O) groups is 1. The minimum Gasteiger partial charge on any atom is -0.423 e. The van der Waals surface area contributed by atoms with E-state index < -0.39 is 6.29 Å². The van der Waals surface area contributed by atoms with Gasteiger partial charge in [0.25, 0.3) is 6.29 Å². The Kier molecular flexibility index (Phi) is 1.89. The predicted octanol–water partition coefficient (Wildman–Crippen LogP) is 0.672. The van der Waals surface area contributed by atoms with Crippen LogP contribution in [0.2, 0.25) is 0 Å². The maximum Gasteiger partial charge on any atom is 0.305 e. The molecule has 1 atom stereocenters. The van der Waals surface area contributed by atoms with E-state index in [2.05, 4.69) is 5.16 Å². The van der Waals surface area contributed by atoms with Gasteiger partial charge in [0.15, 0.2) is 0 Å². The molecule has 0 N–H and O–H groups in total. The van der Waals surface area contributed by atoms with Crippen LogP contribution in [-0.2, 0) is 14.4 Å². The number of hydrogen-bond acceptors (Lipinski definition) is 4. The average Bonchev–Trinajstić information content (AvgIpc) is 2.13. The molecule has 1 aliphatic rings. The summed E-state index contributed by atoms with van der Waals surface area (Å²) in [5, 5.41) is 3.61. The van der Waals surface area contributed by atoms with Crippen molar-refractivity contribution >= 4 is 11.7 Å². The van der Waals surface area contributed by atoms with Crippen LogP contribution in [0.25, 0.3) is 0 Å². The molecule has 10 heavy (non-hydrogen) atoms. The molecule has 0 saturated heterocycles. The molecule has 0 aromatic carbocycles. The minimum absolute atomic E-state index is 0.338. The molecule has 1 unspecified atom stereocenters. The fourth-order valence-corrected chi connectivity index (χ4v) is 0.713. The lowest BCUT2D eigenvalue weighted by Crippen LogP contribution is -2.15. The van der Waals surface area contributed by atoms with Gasteiger partial charge in [-0.05, 0) is 6.92 Å². The number of hydrogen-bond donors (Lipinski definition) is 0. The fourth-order valence-electron chi connectivity index (χ4n) is 0.713.